The van der Waals surface area contributed by atoms with E-state index in [0.29, 0.717) is 5.41 Å². The first-order valence-electron chi connectivity index (χ1n) is 7.05. The van der Waals surface area contributed by atoms with E-state index in [0.717, 1.165) is 22.7 Å². The first kappa shape index (κ1) is 14.3. The molecule has 1 N–H and O–H groups in total. The lowest BCUT2D eigenvalue weighted by molar-refractivity contribution is 0.307. The molecule has 0 atom stereocenters. The summed E-state index contributed by atoms with van der Waals surface area (Å²) in [6.45, 7) is 3.28. The maximum Gasteiger partial charge on any atom is 0.102 e. The van der Waals surface area contributed by atoms with E-state index in [1.165, 1.54) is 32.1 Å². The quantitative estimate of drug-likeness (QED) is 0.793. The van der Waals surface area contributed by atoms with E-state index in [-0.39, 0.29) is 0 Å². The Labute approximate surface area is 120 Å². The van der Waals surface area contributed by atoms with Crippen LogP contribution in [0.2, 0.25) is 0 Å². The third-order valence-corrected chi connectivity index (χ3v) is 5.21. The van der Waals surface area contributed by atoms with Crippen molar-refractivity contribution in [2.75, 3.05) is 18.1 Å². The van der Waals surface area contributed by atoms with Crippen LogP contribution in [0.4, 0.5) is 5.69 Å². The van der Waals surface area contributed by atoms with Crippen molar-refractivity contribution in [1.82, 2.24) is 0 Å². The van der Waals surface area contributed by atoms with Gasteiger partial charge in [0.15, 0.2) is 0 Å². The van der Waals surface area contributed by atoms with Crippen LogP contribution >= 0.6 is 11.8 Å². The van der Waals surface area contributed by atoms with Gasteiger partial charge < -0.3 is 5.32 Å². The molecule has 1 saturated carbocycles. The molecule has 3 heteroatoms. The number of anilines is 1. The predicted octanol–water partition coefficient (Wildman–Crippen LogP) is 4.66. The molecule has 1 aromatic rings. The second kappa shape index (κ2) is 6.34. The summed E-state index contributed by atoms with van der Waals surface area (Å²) in [5.41, 5.74) is 2.23. The van der Waals surface area contributed by atoms with E-state index in [1.54, 1.807) is 11.8 Å². The molecule has 0 bridgehead atoms. The summed E-state index contributed by atoms with van der Waals surface area (Å²) in [7, 11) is 0. The van der Waals surface area contributed by atoms with Crippen molar-refractivity contribution in [1.29, 1.82) is 5.26 Å². The highest BCUT2D eigenvalue weighted by atomic mass is 32.2. The molecule has 0 amide bonds. The average Bonchev–Trinajstić information content (AvgIpc) is 2.94. The molecule has 0 saturated heterocycles. The van der Waals surface area contributed by atoms with Crippen LogP contribution in [0.25, 0.3) is 0 Å². The van der Waals surface area contributed by atoms with Crippen molar-refractivity contribution >= 4 is 17.4 Å². The Kier molecular flexibility index (Phi) is 4.76. The third kappa shape index (κ3) is 3.06. The van der Waals surface area contributed by atoms with Crippen molar-refractivity contribution in [3.05, 3.63) is 23.8 Å². The Hall–Kier alpha value is -1.14. The first-order chi connectivity index (χ1) is 9.24. The van der Waals surface area contributed by atoms with Gasteiger partial charge in [0, 0.05) is 11.4 Å². The van der Waals surface area contributed by atoms with Crippen LogP contribution in [0.1, 0.15) is 44.6 Å². The number of hydrogen-bond donors (Lipinski definition) is 1. The zero-order valence-electron chi connectivity index (χ0n) is 11.8. The highest BCUT2D eigenvalue weighted by Crippen LogP contribution is 2.41. The minimum Gasteiger partial charge on any atom is -0.383 e. The molecule has 1 fully saturated rings. The predicted molar refractivity (Wildman–Crippen MR) is 82.6 cm³/mol. The minimum atomic E-state index is 0.447. The molecule has 1 aromatic carbocycles. The topological polar surface area (TPSA) is 35.8 Å². The number of nitrogens with zero attached hydrogens (tertiary/aromatic N) is 1. The van der Waals surface area contributed by atoms with Gasteiger partial charge in [-0.05, 0) is 43.1 Å². The zero-order valence-corrected chi connectivity index (χ0v) is 12.6. The van der Waals surface area contributed by atoms with Crippen LogP contribution < -0.4 is 5.32 Å². The Morgan fingerprint density at radius 2 is 2.11 bits per heavy atom. The fraction of sp³-hybridized carbons (Fsp3) is 0.562. The number of benzene rings is 1. The molecular formula is C16H22N2S. The zero-order chi connectivity index (χ0) is 13.7. The Morgan fingerprint density at radius 3 is 2.68 bits per heavy atom. The molecule has 0 spiro atoms. The van der Waals surface area contributed by atoms with Gasteiger partial charge in [-0.2, -0.15) is 5.26 Å². The highest BCUT2D eigenvalue weighted by Gasteiger charge is 2.31. The normalized spacial score (nSPS) is 17.1. The first-order valence-corrected chi connectivity index (χ1v) is 8.28. The summed E-state index contributed by atoms with van der Waals surface area (Å²) in [6.07, 6.45) is 8.59. The van der Waals surface area contributed by atoms with Gasteiger partial charge in [-0.25, -0.2) is 0 Å². The number of rotatable bonds is 5. The summed E-state index contributed by atoms with van der Waals surface area (Å²) in [6, 6.07) is 8.41. The molecule has 1 aliphatic rings. The lowest BCUT2D eigenvalue weighted by Crippen LogP contribution is -2.26. The van der Waals surface area contributed by atoms with Crippen LogP contribution in [-0.4, -0.2) is 12.8 Å². The Morgan fingerprint density at radius 1 is 1.37 bits per heavy atom. The van der Waals surface area contributed by atoms with Crippen molar-refractivity contribution in [3.8, 4) is 6.07 Å². The Bertz CT molecular complexity index is 470. The van der Waals surface area contributed by atoms with Gasteiger partial charge in [-0.1, -0.05) is 25.8 Å². The molecule has 2 nitrogen and oxygen atoms in total. The minimum absolute atomic E-state index is 0.447. The van der Waals surface area contributed by atoms with Gasteiger partial charge >= 0.3 is 0 Å². The second-order valence-corrected chi connectivity index (χ2v) is 6.26. The van der Waals surface area contributed by atoms with Crippen molar-refractivity contribution in [2.45, 2.75) is 43.9 Å². The molecule has 19 heavy (non-hydrogen) atoms. The standard InChI is InChI=1S/C16H22N2S/c1-3-16(9-4-5-10-16)12-18-14-7-6-8-15(19-2)13(14)11-17/h6-8,18H,3-5,9-10,12H2,1-2H3. The van der Waals surface area contributed by atoms with Crippen molar-refractivity contribution in [2.24, 2.45) is 5.41 Å². The average molecular weight is 274 g/mol. The van der Waals surface area contributed by atoms with Gasteiger partial charge in [-0.15, -0.1) is 11.8 Å². The smallest absolute Gasteiger partial charge is 0.102 e. The van der Waals surface area contributed by atoms with Crippen LogP contribution in [0.15, 0.2) is 23.1 Å². The van der Waals surface area contributed by atoms with Gasteiger partial charge in [0.25, 0.3) is 0 Å². The van der Waals surface area contributed by atoms with Gasteiger partial charge in [0.05, 0.1) is 11.3 Å². The molecule has 102 valence electrons. The van der Waals surface area contributed by atoms with Gasteiger partial charge in [0.1, 0.15) is 6.07 Å². The molecule has 0 radical (unpaired) electrons. The van der Waals surface area contributed by atoms with E-state index in [1.807, 2.05) is 24.5 Å². The molecule has 2 rings (SSSR count). The van der Waals surface area contributed by atoms with Crippen molar-refractivity contribution < 1.29 is 0 Å². The molecule has 0 unspecified atom stereocenters. The van der Waals surface area contributed by atoms with Crippen LogP contribution in [0.3, 0.4) is 0 Å². The summed E-state index contributed by atoms with van der Waals surface area (Å²) in [5, 5.41) is 12.9. The monoisotopic (exact) mass is 274 g/mol. The maximum atomic E-state index is 9.34. The second-order valence-electron chi connectivity index (χ2n) is 5.41. The number of thioether (sulfide) groups is 1. The van der Waals surface area contributed by atoms with Crippen molar-refractivity contribution in [3.63, 3.8) is 0 Å². The fourth-order valence-electron chi connectivity index (χ4n) is 3.03. The largest absolute Gasteiger partial charge is 0.383 e. The van der Waals surface area contributed by atoms with Gasteiger partial charge in [0.2, 0.25) is 0 Å². The molecule has 1 aliphatic carbocycles. The van der Waals surface area contributed by atoms with E-state index in [4.69, 9.17) is 0 Å². The molecular weight excluding hydrogens is 252 g/mol. The molecule has 0 aromatic heterocycles. The van der Waals surface area contributed by atoms with E-state index in [9.17, 15) is 5.26 Å². The van der Waals surface area contributed by atoms with E-state index in [2.05, 4.69) is 18.3 Å². The summed E-state index contributed by atoms with van der Waals surface area (Å²) >= 11 is 1.63. The number of hydrogen-bond acceptors (Lipinski definition) is 3. The van der Waals surface area contributed by atoms with Crippen LogP contribution in [0, 0.1) is 16.7 Å². The molecule has 0 aliphatic heterocycles. The lowest BCUT2D eigenvalue weighted by atomic mass is 9.83. The van der Waals surface area contributed by atoms with Crippen LogP contribution in [0.5, 0.6) is 0 Å². The van der Waals surface area contributed by atoms with Crippen LogP contribution in [-0.2, 0) is 0 Å². The third-order valence-electron chi connectivity index (χ3n) is 4.43. The molecule has 0 heterocycles. The fourth-order valence-corrected chi connectivity index (χ4v) is 3.60. The maximum absolute atomic E-state index is 9.34. The number of nitriles is 1. The summed E-state index contributed by atoms with van der Waals surface area (Å²) in [5.74, 6) is 0. The lowest BCUT2D eigenvalue weighted by Gasteiger charge is -2.28. The van der Waals surface area contributed by atoms with E-state index >= 15 is 0 Å². The Balaban J connectivity index is 2.13. The summed E-state index contributed by atoms with van der Waals surface area (Å²) < 4.78 is 0. The SMILES string of the molecule is CCC1(CNc2cccc(SC)c2C#N)CCCC1. The number of nitrogens with one attached hydrogen (secondary N) is 1. The summed E-state index contributed by atoms with van der Waals surface area (Å²) in [4.78, 5) is 1.06. The highest BCUT2D eigenvalue weighted by molar-refractivity contribution is 7.98. The van der Waals surface area contributed by atoms with Gasteiger partial charge in [-0.3, -0.25) is 0 Å². The van der Waals surface area contributed by atoms with E-state index < -0.39 is 0 Å².